The lowest BCUT2D eigenvalue weighted by atomic mass is 10.1. The van der Waals surface area contributed by atoms with E-state index >= 15 is 0 Å². The molecule has 2 rings (SSSR count). The van der Waals surface area contributed by atoms with Crippen LogP contribution in [0.5, 0.6) is 0 Å². The highest BCUT2D eigenvalue weighted by Gasteiger charge is 2.18. The van der Waals surface area contributed by atoms with Gasteiger partial charge in [-0.2, -0.15) is 0 Å². The smallest absolute Gasteiger partial charge is 0.163 e. The minimum atomic E-state index is -0.771. The molecule has 1 aliphatic heterocycles. The summed E-state index contributed by atoms with van der Waals surface area (Å²) < 4.78 is 26.4. The minimum Gasteiger partial charge on any atom is -0.296 e. The third-order valence-corrected chi connectivity index (χ3v) is 2.80. The number of hydrogen-bond donors (Lipinski definition) is 0. The van der Waals surface area contributed by atoms with Gasteiger partial charge in [0, 0.05) is 37.8 Å². The Kier molecular flexibility index (Phi) is 3.51. The molecule has 1 aromatic rings. The fourth-order valence-corrected chi connectivity index (χ4v) is 2.00. The Labute approximate surface area is 94.3 Å². The van der Waals surface area contributed by atoms with Crippen LogP contribution in [0.4, 0.5) is 8.78 Å². The normalized spacial score (nSPS) is 22.3. The fraction of sp³-hybridized carbons (Fsp3) is 0.500. The second kappa shape index (κ2) is 4.89. The van der Waals surface area contributed by atoms with E-state index in [9.17, 15) is 8.78 Å². The summed E-state index contributed by atoms with van der Waals surface area (Å²) in [4.78, 5) is 2.11. The van der Waals surface area contributed by atoms with Crippen LogP contribution in [0.25, 0.3) is 0 Å². The summed E-state index contributed by atoms with van der Waals surface area (Å²) >= 11 is 0. The zero-order chi connectivity index (χ0) is 11.5. The molecular formula is C12H15F2N2. The highest BCUT2D eigenvalue weighted by atomic mass is 19.2. The van der Waals surface area contributed by atoms with E-state index in [1.165, 1.54) is 0 Å². The van der Waals surface area contributed by atoms with Gasteiger partial charge in [-0.25, -0.2) is 14.1 Å². The van der Waals surface area contributed by atoms with Gasteiger partial charge in [0.05, 0.1) is 0 Å². The predicted molar refractivity (Wildman–Crippen MR) is 58.1 cm³/mol. The Hall–Kier alpha value is -1.00. The van der Waals surface area contributed by atoms with Crippen LogP contribution in [-0.4, -0.2) is 30.6 Å². The van der Waals surface area contributed by atoms with Gasteiger partial charge in [0.2, 0.25) is 0 Å². The average Bonchev–Trinajstić information content (AvgIpc) is 2.25. The fourth-order valence-electron chi connectivity index (χ4n) is 2.00. The van der Waals surface area contributed by atoms with Crippen LogP contribution in [0.15, 0.2) is 18.2 Å². The molecule has 2 nitrogen and oxygen atoms in total. The van der Waals surface area contributed by atoms with Crippen LogP contribution >= 0.6 is 0 Å². The molecule has 0 aromatic heterocycles. The van der Waals surface area contributed by atoms with Crippen molar-refractivity contribution >= 4 is 0 Å². The van der Waals surface area contributed by atoms with Gasteiger partial charge in [-0.15, -0.1) is 0 Å². The average molecular weight is 225 g/mol. The number of piperazine rings is 1. The third kappa shape index (κ3) is 2.57. The van der Waals surface area contributed by atoms with Gasteiger partial charge < -0.3 is 0 Å². The van der Waals surface area contributed by atoms with E-state index < -0.39 is 11.6 Å². The van der Waals surface area contributed by atoms with E-state index in [0.29, 0.717) is 12.1 Å². The molecule has 0 aliphatic carbocycles. The zero-order valence-corrected chi connectivity index (χ0v) is 9.29. The van der Waals surface area contributed by atoms with Crippen molar-refractivity contribution in [2.75, 3.05) is 19.6 Å². The number of hydrogen-bond acceptors (Lipinski definition) is 1. The molecule has 1 saturated heterocycles. The highest BCUT2D eigenvalue weighted by Crippen LogP contribution is 2.14. The summed E-state index contributed by atoms with van der Waals surface area (Å²) in [6, 6.07) is 4.61. The van der Waals surface area contributed by atoms with Gasteiger partial charge in [0.25, 0.3) is 0 Å². The summed E-state index contributed by atoms with van der Waals surface area (Å²) in [6.45, 7) is 4.91. The van der Waals surface area contributed by atoms with Crippen LogP contribution in [0.1, 0.15) is 12.5 Å². The van der Waals surface area contributed by atoms with Crippen molar-refractivity contribution in [1.29, 1.82) is 0 Å². The van der Waals surface area contributed by atoms with Crippen molar-refractivity contribution in [3.05, 3.63) is 35.4 Å². The minimum absolute atomic E-state index is 0.283. The first kappa shape index (κ1) is 11.5. The molecule has 4 heteroatoms. The maximum absolute atomic E-state index is 13.4. The monoisotopic (exact) mass is 225 g/mol. The molecule has 1 aliphatic rings. The predicted octanol–water partition coefficient (Wildman–Crippen LogP) is 1.77. The molecule has 0 unspecified atom stereocenters. The first-order valence-corrected chi connectivity index (χ1v) is 5.48. The summed E-state index contributed by atoms with van der Waals surface area (Å²) in [6.07, 6.45) is 0. The lowest BCUT2D eigenvalue weighted by Gasteiger charge is -2.30. The quantitative estimate of drug-likeness (QED) is 0.750. The topological polar surface area (TPSA) is 17.3 Å². The van der Waals surface area contributed by atoms with E-state index in [1.807, 2.05) is 6.92 Å². The van der Waals surface area contributed by atoms with Gasteiger partial charge in [-0.05, 0) is 13.0 Å². The molecule has 0 spiro atoms. The Morgan fingerprint density at radius 3 is 3.00 bits per heavy atom. The van der Waals surface area contributed by atoms with Crippen LogP contribution < -0.4 is 5.32 Å². The van der Waals surface area contributed by atoms with E-state index in [-0.39, 0.29) is 6.04 Å². The molecule has 1 radical (unpaired) electrons. The number of benzene rings is 1. The van der Waals surface area contributed by atoms with Crippen LogP contribution in [0.3, 0.4) is 0 Å². The van der Waals surface area contributed by atoms with Gasteiger partial charge in [-0.1, -0.05) is 12.1 Å². The SMILES string of the molecule is C[C@@H]1CN(Cc2cccc(F)c2F)CC[N]1. The second-order valence-electron chi connectivity index (χ2n) is 4.20. The first-order valence-electron chi connectivity index (χ1n) is 5.48. The van der Waals surface area contributed by atoms with Crippen LogP contribution in [0.2, 0.25) is 0 Å². The van der Waals surface area contributed by atoms with Crippen molar-refractivity contribution in [1.82, 2.24) is 10.2 Å². The molecule has 1 aromatic carbocycles. The van der Waals surface area contributed by atoms with Crippen molar-refractivity contribution in [2.45, 2.75) is 19.5 Å². The Balaban J connectivity index is 2.05. The molecule has 16 heavy (non-hydrogen) atoms. The number of rotatable bonds is 2. The summed E-state index contributed by atoms with van der Waals surface area (Å²) in [5.74, 6) is -1.50. The first-order chi connectivity index (χ1) is 7.66. The summed E-state index contributed by atoms with van der Waals surface area (Å²) in [5.41, 5.74) is 0.425. The molecule has 0 saturated carbocycles. The van der Waals surface area contributed by atoms with Crippen LogP contribution in [0, 0.1) is 11.6 Å². The zero-order valence-electron chi connectivity index (χ0n) is 9.29. The summed E-state index contributed by atoms with van der Waals surface area (Å²) in [7, 11) is 0. The van der Waals surface area contributed by atoms with Gasteiger partial charge >= 0.3 is 0 Å². The van der Waals surface area contributed by atoms with E-state index in [1.54, 1.807) is 12.1 Å². The Morgan fingerprint density at radius 2 is 2.25 bits per heavy atom. The van der Waals surface area contributed by atoms with Gasteiger partial charge in [0.1, 0.15) is 0 Å². The molecule has 1 atom stereocenters. The van der Waals surface area contributed by atoms with E-state index in [0.717, 1.165) is 25.7 Å². The molecule has 87 valence electrons. The van der Waals surface area contributed by atoms with Gasteiger partial charge in [0.15, 0.2) is 11.6 Å². The molecular weight excluding hydrogens is 210 g/mol. The maximum atomic E-state index is 13.4. The Bertz CT molecular complexity index is 368. The standard InChI is InChI=1S/C12H15F2N2/c1-9-7-16(6-5-15-9)8-10-3-2-4-11(13)12(10)14/h2-4,9H,5-8H2,1H3/t9-/m1/s1. The van der Waals surface area contributed by atoms with Crippen molar-refractivity contribution < 1.29 is 8.78 Å². The molecule has 0 N–H and O–H groups in total. The van der Waals surface area contributed by atoms with Crippen molar-refractivity contribution in [3.8, 4) is 0 Å². The Morgan fingerprint density at radius 1 is 1.44 bits per heavy atom. The highest BCUT2D eigenvalue weighted by molar-refractivity contribution is 5.18. The lowest BCUT2D eigenvalue weighted by molar-refractivity contribution is 0.194. The second-order valence-corrected chi connectivity index (χ2v) is 4.20. The maximum Gasteiger partial charge on any atom is 0.163 e. The largest absolute Gasteiger partial charge is 0.296 e. The number of nitrogens with zero attached hydrogens (tertiary/aromatic N) is 2. The lowest BCUT2D eigenvalue weighted by Crippen LogP contribution is -2.45. The molecule has 1 heterocycles. The molecule has 0 amide bonds. The van der Waals surface area contributed by atoms with Crippen LogP contribution in [-0.2, 0) is 6.54 Å². The summed E-state index contributed by atoms with van der Waals surface area (Å²) in [5, 5.41) is 4.35. The molecule has 0 bridgehead atoms. The number of halogens is 2. The van der Waals surface area contributed by atoms with Gasteiger partial charge in [-0.3, -0.25) is 4.90 Å². The van der Waals surface area contributed by atoms with Crippen molar-refractivity contribution in [2.24, 2.45) is 0 Å². The molecule has 1 fully saturated rings. The van der Waals surface area contributed by atoms with Crippen molar-refractivity contribution in [3.63, 3.8) is 0 Å². The van der Waals surface area contributed by atoms with E-state index in [4.69, 9.17) is 0 Å². The third-order valence-electron chi connectivity index (χ3n) is 2.80. The van der Waals surface area contributed by atoms with E-state index in [2.05, 4.69) is 10.2 Å².